The van der Waals surface area contributed by atoms with Crippen LogP contribution in [0.3, 0.4) is 0 Å². The molecule has 16 nitrogen and oxygen atoms in total. The molecule has 0 heterocycles. The largest absolute Gasteiger partial charge is 0.472 e. The van der Waals surface area contributed by atoms with Crippen LogP contribution in [0.15, 0.2) is 194 Å². The number of ether oxygens (including phenoxy) is 3. The summed E-state index contributed by atoms with van der Waals surface area (Å²) in [6.07, 6.45) is 108. The van der Waals surface area contributed by atoms with Gasteiger partial charge in [-0.15, -0.1) is 0 Å². The fraction of sp³-hybridized carbons (Fsp3) is 0.615. The second-order valence-corrected chi connectivity index (χ2v) is 30.0. The summed E-state index contributed by atoms with van der Waals surface area (Å²) in [7, 11) is -9.83. The Kier molecular flexibility index (Phi) is 77.7. The van der Waals surface area contributed by atoms with Crippen molar-refractivity contribution in [1.29, 1.82) is 0 Å². The molecule has 0 bridgehead atoms. The minimum absolute atomic E-state index is 0.0542. The molecular formula is C91H148O16P2. The average molecular weight is 1560 g/mol. The highest BCUT2D eigenvalue weighted by Gasteiger charge is 2.29. The van der Waals surface area contributed by atoms with Gasteiger partial charge < -0.3 is 34.2 Å². The van der Waals surface area contributed by atoms with E-state index in [-0.39, 0.29) is 19.3 Å². The number of rotatable bonds is 77. The Balaban J connectivity index is 4.66. The Hall–Kier alpha value is -5.61. The van der Waals surface area contributed by atoms with Gasteiger partial charge in [-0.25, -0.2) is 9.13 Å². The van der Waals surface area contributed by atoms with Crippen molar-refractivity contribution in [3.8, 4) is 0 Å². The summed E-state index contributed by atoms with van der Waals surface area (Å²) in [4.78, 5) is 58.8. The second-order valence-electron chi connectivity index (χ2n) is 27.1. The van der Waals surface area contributed by atoms with E-state index < -0.39 is 91.5 Å². The van der Waals surface area contributed by atoms with Gasteiger partial charge in [-0.05, 0) is 161 Å². The molecule has 109 heavy (non-hydrogen) atoms. The molecule has 0 aliphatic carbocycles. The molecule has 5 atom stereocenters. The minimum Gasteiger partial charge on any atom is -0.463 e. The van der Waals surface area contributed by atoms with Crippen LogP contribution >= 0.6 is 15.6 Å². The quantitative estimate of drug-likeness (QED) is 0.0146. The van der Waals surface area contributed by atoms with Crippen molar-refractivity contribution in [2.24, 2.45) is 0 Å². The van der Waals surface area contributed by atoms with E-state index in [1.54, 1.807) is 0 Å². The molecule has 0 aromatic heterocycles. The summed E-state index contributed by atoms with van der Waals surface area (Å²) in [5, 5.41) is 20.7. The highest BCUT2D eigenvalue weighted by molar-refractivity contribution is 7.47. The number of unbranched alkanes of at least 4 members (excludes halogenated alkanes) is 22. The van der Waals surface area contributed by atoms with Gasteiger partial charge in [0.2, 0.25) is 0 Å². The number of aliphatic hydroxyl groups excluding tert-OH is 2. The van der Waals surface area contributed by atoms with E-state index in [2.05, 4.69) is 215 Å². The normalized spacial score (nSPS) is 14.9. The molecule has 18 heteroatoms. The summed E-state index contributed by atoms with van der Waals surface area (Å²) >= 11 is 0. The summed E-state index contributed by atoms with van der Waals surface area (Å²) in [6.45, 7) is 2.27. The Morgan fingerprint density at radius 2 is 0.459 bits per heavy atom. The summed E-state index contributed by atoms with van der Waals surface area (Å²) in [5.74, 6) is -1.64. The molecule has 5 unspecified atom stereocenters. The third-order valence-corrected chi connectivity index (χ3v) is 18.7. The van der Waals surface area contributed by atoms with Crippen LogP contribution in [0.5, 0.6) is 0 Å². The number of carbonyl (C=O) groups is 3. The Morgan fingerprint density at radius 1 is 0.257 bits per heavy atom. The zero-order chi connectivity index (χ0) is 79.4. The lowest BCUT2D eigenvalue weighted by molar-refractivity contribution is -0.161. The predicted octanol–water partition coefficient (Wildman–Crippen LogP) is 25.1. The number of phosphoric acid groups is 2. The number of phosphoric ester groups is 2. The van der Waals surface area contributed by atoms with Crippen molar-refractivity contribution >= 4 is 33.6 Å². The van der Waals surface area contributed by atoms with Gasteiger partial charge in [-0.1, -0.05) is 318 Å². The fourth-order valence-corrected chi connectivity index (χ4v) is 12.2. The van der Waals surface area contributed by atoms with E-state index in [1.807, 2.05) is 0 Å². The lowest BCUT2D eigenvalue weighted by Gasteiger charge is -2.21. The second kappa shape index (κ2) is 81.9. The third-order valence-electron chi connectivity index (χ3n) is 16.8. The Bertz CT molecular complexity index is 2760. The van der Waals surface area contributed by atoms with Gasteiger partial charge >= 0.3 is 33.6 Å². The first-order chi connectivity index (χ1) is 53.2. The zero-order valence-electron chi connectivity index (χ0n) is 67.6. The van der Waals surface area contributed by atoms with Crippen LogP contribution in [-0.4, -0.2) is 95.9 Å². The van der Waals surface area contributed by atoms with Gasteiger partial charge in [0.25, 0.3) is 0 Å². The molecule has 0 saturated heterocycles. The molecule has 0 aromatic rings. The molecule has 4 N–H and O–H groups in total. The van der Waals surface area contributed by atoms with E-state index in [1.165, 1.54) is 57.8 Å². The summed E-state index contributed by atoms with van der Waals surface area (Å²) in [6, 6.07) is 0. The summed E-state index contributed by atoms with van der Waals surface area (Å²) < 4.78 is 61.2. The Morgan fingerprint density at radius 3 is 0.734 bits per heavy atom. The molecule has 0 rings (SSSR count). The highest BCUT2D eigenvalue weighted by atomic mass is 31.2. The standard InChI is InChI=1S/C91H148O16P2/c1-4-7-10-13-16-19-22-25-28-31-34-36-38-40-41-42-43-45-47-48-51-53-56-59-62-65-68-71-74-77-89(94)101-80-86(92)81-103-108(97,98)104-82-87(93)83-105-109(99,100)106-85-88(107-91(96)79-76-73-70-67-64-61-58-55-50-33-30-27-24-21-18-15-12-9-6-3)84-102-90(95)78-75-72-69-66-63-60-57-54-52-49-46-44-39-37-35-32-29-26-23-20-17-14-11-8-5-2/h7-12,16-21,25-30,34-37,40-41,44,46,50,52,54-55,61,64,86-88,92-93H,4-6,13-15,22-24,31-33,38-39,42-43,45,47-49,51,53,56-60,62-63,65-85H2,1-3H3,(H,97,98)(H,99,100)/b10-7-,11-8-,12-9-,19-16-,20-17-,21-18-,28-25-,29-26-,30-27-,36-34-,37-35-,41-40-,46-44-,54-52-,55-50-,64-61-. The summed E-state index contributed by atoms with van der Waals surface area (Å²) in [5.41, 5.74) is 0. The van der Waals surface area contributed by atoms with Crippen LogP contribution in [-0.2, 0) is 55.8 Å². The van der Waals surface area contributed by atoms with Crippen molar-refractivity contribution < 1.29 is 75.8 Å². The Labute approximate surface area is 661 Å². The van der Waals surface area contributed by atoms with Crippen molar-refractivity contribution in [3.05, 3.63) is 194 Å². The predicted molar refractivity (Wildman–Crippen MR) is 454 cm³/mol. The lowest BCUT2D eigenvalue weighted by atomic mass is 10.0. The molecule has 0 fully saturated rings. The third kappa shape index (κ3) is 83.2. The van der Waals surface area contributed by atoms with Crippen LogP contribution in [0.1, 0.15) is 303 Å². The van der Waals surface area contributed by atoms with E-state index in [0.717, 1.165) is 186 Å². The number of carbonyl (C=O) groups excluding carboxylic acids is 3. The first-order valence-electron chi connectivity index (χ1n) is 41.7. The number of aliphatic hydroxyl groups is 2. The zero-order valence-corrected chi connectivity index (χ0v) is 69.4. The maximum atomic E-state index is 13.0. The number of hydrogen-bond donors (Lipinski definition) is 4. The topological polar surface area (TPSA) is 231 Å². The van der Waals surface area contributed by atoms with Crippen LogP contribution in [0.4, 0.5) is 0 Å². The average Bonchev–Trinajstić information content (AvgIpc) is 0.906. The van der Waals surface area contributed by atoms with Crippen LogP contribution in [0, 0.1) is 0 Å². The maximum absolute atomic E-state index is 13.0. The van der Waals surface area contributed by atoms with Crippen LogP contribution < -0.4 is 0 Å². The van der Waals surface area contributed by atoms with E-state index in [4.69, 9.17) is 32.3 Å². The maximum Gasteiger partial charge on any atom is 0.472 e. The molecule has 0 spiro atoms. The number of esters is 3. The van der Waals surface area contributed by atoms with E-state index in [9.17, 15) is 43.5 Å². The van der Waals surface area contributed by atoms with Crippen LogP contribution in [0.25, 0.3) is 0 Å². The van der Waals surface area contributed by atoms with E-state index >= 15 is 0 Å². The van der Waals surface area contributed by atoms with Gasteiger partial charge in [-0.3, -0.25) is 32.5 Å². The molecule has 0 saturated carbocycles. The molecule has 618 valence electrons. The molecular weight excluding hydrogens is 1410 g/mol. The first kappa shape index (κ1) is 103. The van der Waals surface area contributed by atoms with Gasteiger partial charge in [-0.2, -0.15) is 0 Å². The van der Waals surface area contributed by atoms with Gasteiger partial charge in [0.15, 0.2) is 6.10 Å². The lowest BCUT2D eigenvalue weighted by Crippen LogP contribution is -2.30. The van der Waals surface area contributed by atoms with Crippen molar-refractivity contribution in [2.45, 2.75) is 322 Å². The van der Waals surface area contributed by atoms with Gasteiger partial charge in [0.1, 0.15) is 25.4 Å². The highest BCUT2D eigenvalue weighted by Crippen LogP contribution is 2.45. The minimum atomic E-state index is -4.96. The van der Waals surface area contributed by atoms with Gasteiger partial charge in [0.05, 0.1) is 26.4 Å². The van der Waals surface area contributed by atoms with Crippen molar-refractivity contribution in [1.82, 2.24) is 0 Å². The monoisotopic (exact) mass is 1560 g/mol. The molecule has 0 aromatic carbocycles. The number of hydrogen-bond acceptors (Lipinski definition) is 14. The number of allylic oxidation sites excluding steroid dienone is 32. The smallest absolute Gasteiger partial charge is 0.463 e. The fourth-order valence-electron chi connectivity index (χ4n) is 10.6. The van der Waals surface area contributed by atoms with Crippen molar-refractivity contribution in [2.75, 3.05) is 39.6 Å². The SMILES string of the molecule is CC/C=C\C/C=C\C/C=C\C/C=C\C/C=C\C/C=C\CCCCCCCCC(=O)OCC(COP(=O)(O)OCC(O)COP(=O)(O)OCC(O)COC(=O)CCCCCCCCCCCCCCC/C=C\C/C=C\C/C=C\C/C=C\C/C=C\CC)OC(=O)CCCCC/C=C\C/C=C\C/C=C\C/C=C\C/C=C\CC. The molecule has 0 aliphatic heterocycles. The molecule has 0 amide bonds. The van der Waals surface area contributed by atoms with Gasteiger partial charge in [0, 0.05) is 19.3 Å². The van der Waals surface area contributed by atoms with Crippen molar-refractivity contribution in [3.63, 3.8) is 0 Å². The molecule has 0 radical (unpaired) electrons. The van der Waals surface area contributed by atoms with E-state index in [0.29, 0.717) is 19.3 Å². The first-order valence-corrected chi connectivity index (χ1v) is 44.7. The molecule has 0 aliphatic rings. The van der Waals surface area contributed by atoms with Crippen LogP contribution in [0.2, 0.25) is 0 Å².